The zero-order valence-corrected chi connectivity index (χ0v) is 10.2. The fourth-order valence-corrected chi connectivity index (χ4v) is 2.86. The summed E-state index contributed by atoms with van der Waals surface area (Å²) in [6.45, 7) is 3.90. The molecule has 1 atom stereocenters. The molecule has 17 heavy (non-hydrogen) atoms. The molecule has 1 aliphatic heterocycles. The normalized spacial score (nSPS) is 25.5. The van der Waals surface area contributed by atoms with E-state index in [1.54, 1.807) is 11.7 Å². The van der Waals surface area contributed by atoms with Crippen molar-refractivity contribution in [3.63, 3.8) is 0 Å². The quantitative estimate of drug-likeness (QED) is 0.725. The highest BCUT2D eigenvalue weighted by Crippen LogP contribution is 2.41. The SMILES string of the molecule is Cn1[nH]c(=O)c2c1N=C1CC(C)(C)C(=O)C1C2. The lowest BCUT2D eigenvalue weighted by Gasteiger charge is -2.15. The first-order valence-corrected chi connectivity index (χ1v) is 5.80. The van der Waals surface area contributed by atoms with Crippen molar-refractivity contribution in [3.05, 3.63) is 15.9 Å². The van der Waals surface area contributed by atoms with Gasteiger partial charge in [0.2, 0.25) is 0 Å². The van der Waals surface area contributed by atoms with Crippen LogP contribution in [0.15, 0.2) is 9.79 Å². The summed E-state index contributed by atoms with van der Waals surface area (Å²) in [5.74, 6) is 0.720. The molecule has 90 valence electrons. The van der Waals surface area contributed by atoms with Crippen LogP contribution >= 0.6 is 0 Å². The first-order chi connectivity index (χ1) is 7.90. The highest BCUT2D eigenvalue weighted by molar-refractivity contribution is 6.15. The van der Waals surface area contributed by atoms with Crippen molar-refractivity contribution < 1.29 is 4.79 Å². The molecular weight excluding hydrogens is 218 g/mol. The second kappa shape index (κ2) is 2.97. The number of nitrogens with one attached hydrogen (secondary N) is 1. The zero-order valence-electron chi connectivity index (χ0n) is 10.2. The van der Waals surface area contributed by atoms with Crippen LogP contribution in [0.2, 0.25) is 0 Å². The summed E-state index contributed by atoms with van der Waals surface area (Å²) in [5, 5.41) is 2.69. The van der Waals surface area contributed by atoms with E-state index >= 15 is 0 Å². The van der Waals surface area contributed by atoms with E-state index < -0.39 is 0 Å². The number of hydrogen-bond donors (Lipinski definition) is 1. The third-order valence-electron chi connectivity index (χ3n) is 3.80. The van der Waals surface area contributed by atoms with Crippen molar-refractivity contribution in [2.24, 2.45) is 23.4 Å². The molecule has 1 aromatic heterocycles. The van der Waals surface area contributed by atoms with Crippen LogP contribution in [0.5, 0.6) is 0 Å². The summed E-state index contributed by atoms with van der Waals surface area (Å²) in [7, 11) is 1.77. The van der Waals surface area contributed by atoms with E-state index in [2.05, 4.69) is 10.1 Å². The van der Waals surface area contributed by atoms with Crippen LogP contribution in [0.25, 0.3) is 0 Å². The Balaban J connectivity index is 2.15. The van der Waals surface area contributed by atoms with E-state index in [9.17, 15) is 9.59 Å². The van der Waals surface area contributed by atoms with Crippen LogP contribution in [0.1, 0.15) is 25.8 Å². The maximum atomic E-state index is 12.2. The number of carbonyl (C=O) groups is 1. The summed E-state index contributed by atoms with van der Waals surface area (Å²) < 4.78 is 1.64. The van der Waals surface area contributed by atoms with E-state index in [1.807, 2.05) is 13.8 Å². The van der Waals surface area contributed by atoms with Gasteiger partial charge in [0, 0.05) is 18.2 Å². The Kier molecular flexibility index (Phi) is 1.83. The minimum Gasteiger partial charge on any atom is -0.298 e. The largest absolute Gasteiger partial charge is 0.298 e. The molecule has 0 spiro atoms. The van der Waals surface area contributed by atoms with Crippen molar-refractivity contribution in [2.45, 2.75) is 26.7 Å². The van der Waals surface area contributed by atoms with E-state index in [-0.39, 0.29) is 22.7 Å². The summed E-state index contributed by atoms with van der Waals surface area (Å²) >= 11 is 0. The molecule has 1 aliphatic carbocycles. The number of rotatable bonds is 0. The topological polar surface area (TPSA) is 67.2 Å². The second-order valence-corrected chi connectivity index (χ2v) is 5.59. The molecule has 1 saturated carbocycles. The Morgan fingerprint density at radius 2 is 2.12 bits per heavy atom. The molecule has 1 unspecified atom stereocenters. The van der Waals surface area contributed by atoms with E-state index in [1.165, 1.54) is 0 Å². The van der Waals surface area contributed by atoms with E-state index in [0.29, 0.717) is 24.2 Å². The monoisotopic (exact) mass is 233 g/mol. The van der Waals surface area contributed by atoms with Gasteiger partial charge in [-0.25, -0.2) is 4.99 Å². The van der Waals surface area contributed by atoms with Gasteiger partial charge < -0.3 is 0 Å². The highest BCUT2D eigenvalue weighted by atomic mass is 16.1. The van der Waals surface area contributed by atoms with Gasteiger partial charge >= 0.3 is 0 Å². The predicted molar refractivity (Wildman–Crippen MR) is 63.7 cm³/mol. The van der Waals surface area contributed by atoms with Gasteiger partial charge in [0.05, 0.1) is 11.5 Å². The molecule has 1 fully saturated rings. The molecule has 0 saturated heterocycles. The van der Waals surface area contributed by atoms with E-state index in [4.69, 9.17) is 0 Å². The summed E-state index contributed by atoms with van der Waals surface area (Å²) in [6, 6.07) is 0. The number of ketones is 1. The average Bonchev–Trinajstić information content (AvgIpc) is 2.63. The van der Waals surface area contributed by atoms with Crippen LogP contribution in [0.4, 0.5) is 5.82 Å². The Hall–Kier alpha value is -1.65. The molecule has 2 heterocycles. The number of fused-ring (bicyclic) bond motifs is 2. The van der Waals surface area contributed by atoms with Crippen molar-refractivity contribution in [3.8, 4) is 0 Å². The van der Waals surface area contributed by atoms with Gasteiger partial charge in [-0.3, -0.25) is 19.4 Å². The number of hydrogen-bond acceptors (Lipinski definition) is 3. The van der Waals surface area contributed by atoms with Crippen molar-refractivity contribution >= 4 is 17.3 Å². The molecule has 1 N–H and O–H groups in total. The standard InChI is InChI=1S/C12H15N3O2/c1-12(2)5-8-6(9(12)16)4-7-10(13-8)15(3)14-11(7)17/h6H,4-5H2,1-3H3,(H,14,17). The predicted octanol–water partition coefficient (Wildman–Crippen LogP) is 0.957. The van der Waals surface area contributed by atoms with E-state index in [0.717, 1.165) is 5.71 Å². The van der Waals surface area contributed by atoms with Gasteiger partial charge in [0.1, 0.15) is 5.78 Å². The molecular formula is C12H15N3O2. The lowest BCUT2D eigenvalue weighted by molar-refractivity contribution is -0.127. The van der Waals surface area contributed by atoms with Crippen LogP contribution < -0.4 is 5.56 Å². The minimum atomic E-state index is -0.335. The number of aromatic amines is 1. The van der Waals surface area contributed by atoms with Crippen molar-refractivity contribution in [1.29, 1.82) is 0 Å². The number of Topliss-reactive ketones (excluding diaryl/α,β-unsaturated/α-hetero) is 1. The third-order valence-corrected chi connectivity index (χ3v) is 3.80. The van der Waals surface area contributed by atoms with Crippen LogP contribution in [-0.4, -0.2) is 21.3 Å². The van der Waals surface area contributed by atoms with Gasteiger partial charge in [-0.15, -0.1) is 0 Å². The van der Waals surface area contributed by atoms with Crippen LogP contribution in [0.3, 0.4) is 0 Å². The molecule has 0 bridgehead atoms. The highest BCUT2D eigenvalue weighted by Gasteiger charge is 2.47. The Morgan fingerprint density at radius 1 is 1.41 bits per heavy atom. The number of H-pyrrole nitrogens is 1. The van der Waals surface area contributed by atoms with Gasteiger partial charge in [0.25, 0.3) is 5.56 Å². The van der Waals surface area contributed by atoms with Crippen LogP contribution in [0, 0.1) is 11.3 Å². The molecule has 1 aromatic rings. The number of carbonyl (C=O) groups excluding carboxylic acids is 1. The lowest BCUT2D eigenvalue weighted by atomic mass is 9.87. The number of aryl methyl sites for hydroxylation is 1. The molecule has 3 rings (SSSR count). The van der Waals surface area contributed by atoms with Gasteiger partial charge in [-0.1, -0.05) is 13.8 Å². The van der Waals surface area contributed by atoms with Crippen molar-refractivity contribution in [2.75, 3.05) is 0 Å². The summed E-state index contributed by atoms with van der Waals surface area (Å²) in [6.07, 6.45) is 1.21. The van der Waals surface area contributed by atoms with Gasteiger partial charge in [-0.2, -0.15) is 0 Å². The Labute approximate surface area is 98.5 Å². The first-order valence-electron chi connectivity index (χ1n) is 5.80. The summed E-state index contributed by atoms with van der Waals surface area (Å²) in [5.41, 5.74) is 1.12. The lowest BCUT2D eigenvalue weighted by Crippen LogP contribution is -2.26. The Bertz CT molecular complexity index is 604. The molecule has 5 nitrogen and oxygen atoms in total. The van der Waals surface area contributed by atoms with Crippen LogP contribution in [-0.2, 0) is 18.3 Å². The molecule has 0 radical (unpaired) electrons. The number of aromatic nitrogens is 2. The molecule has 5 heteroatoms. The molecule has 2 aliphatic rings. The minimum absolute atomic E-state index is 0.122. The first kappa shape index (κ1) is 10.5. The Morgan fingerprint density at radius 3 is 2.82 bits per heavy atom. The van der Waals surface area contributed by atoms with Gasteiger partial charge in [0.15, 0.2) is 5.82 Å². The number of aliphatic imine (C=N–C) groups is 1. The zero-order chi connectivity index (χ0) is 12.4. The maximum absolute atomic E-state index is 12.2. The fourth-order valence-electron chi connectivity index (χ4n) is 2.86. The number of nitrogens with zero attached hydrogens (tertiary/aromatic N) is 2. The van der Waals surface area contributed by atoms with Crippen molar-refractivity contribution in [1.82, 2.24) is 9.78 Å². The molecule has 0 aromatic carbocycles. The second-order valence-electron chi connectivity index (χ2n) is 5.59. The smallest absolute Gasteiger partial charge is 0.269 e. The molecule has 0 amide bonds. The fraction of sp³-hybridized carbons (Fsp3) is 0.583. The summed E-state index contributed by atoms with van der Waals surface area (Å²) in [4.78, 5) is 28.4. The third kappa shape index (κ3) is 1.28. The maximum Gasteiger partial charge on any atom is 0.269 e. The van der Waals surface area contributed by atoms with Gasteiger partial charge in [-0.05, 0) is 12.8 Å². The average molecular weight is 233 g/mol.